The van der Waals surface area contributed by atoms with Gasteiger partial charge in [-0.05, 0) is 44.0 Å². The second-order valence-corrected chi connectivity index (χ2v) is 6.07. The van der Waals surface area contributed by atoms with Gasteiger partial charge in [-0.25, -0.2) is 4.98 Å². The van der Waals surface area contributed by atoms with E-state index in [9.17, 15) is 0 Å². The van der Waals surface area contributed by atoms with Crippen LogP contribution in [-0.4, -0.2) is 17.6 Å². The summed E-state index contributed by atoms with van der Waals surface area (Å²) in [6.07, 6.45) is 2.85. The van der Waals surface area contributed by atoms with E-state index in [1.165, 1.54) is 23.3 Å². The Balaban J connectivity index is 1.81. The van der Waals surface area contributed by atoms with Gasteiger partial charge < -0.3 is 10.1 Å². The molecule has 1 saturated carbocycles. The molecule has 0 bridgehead atoms. The minimum atomic E-state index is 0.225. The van der Waals surface area contributed by atoms with Crippen molar-refractivity contribution in [2.24, 2.45) is 0 Å². The average molecular weight is 288 g/mol. The Morgan fingerprint density at radius 3 is 2.65 bits per heavy atom. The highest BCUT2D eigenvalue weighted by Gasteiger charge is 2.23. The summed E-state index contributed by atoms with van der Waals surface area (Å²) in [6, 6.07) is 8.69. The van der Waals surface area contributed by atoms with Crippen LogP contribution in [0.15, 0.2) is 29.8 Å². The van der Waals surface area contributed by atoms with Crippen LogP contribution in [0, 0.1) is 6.92 Å². The molecule has 1 unspecified atom stereocenters. The summed E-state index contributed by atoms with van der Waals surface area (Å²) >= 11 is 1.71. The van der Waals surface area contributed by atoms with Crippen molar-refractivity contribution in [1.29, 1.82) is 0 Å². The molecule has 106 valence electrons. The van der Waals surface area contributed by atoms with E-state index in [1.54, 1.807) is 11.3 Å². The van der Waals surface area contributed by atoms with Gasteiger partial charge in [0.25, 0.3) is 0 Å². The molecule has 1 aliphatic rings. The highest BCUT2D eigenvalue weighted by molar-refractivity contribution is 7.09. The molecule has 0 amide bonds. The Morgan fingerprint density at radius 2 is 2.10 bits per heavy atom. The average Bonchev–Trinajstić information content (AvgIpc) is 3.17. The van der Waals surface area contributed by atoms with Crippen molar-refractivity contribution < 1.29 is 4.74 Å². The summed E-state index contributed by atoms with van der Waals surface area (Å²) in [5.74, 6) is 0.979. The molecule has 1 aliphatic carbocycles. The van der Waals surface area contributed by atoms with Gasteiger partial charge >= 0.3 is 0 Å². The molecular weight excluding hydrogens is 268 g/mol. The first-order chi connectivity index (χ1) is 9.78. The lowest BCUT2D eigenvalue weighted by Crippen LogP contribution is -2.21. The Labute approximate surface area is 124 Å². The first kappa shape index (κ1) is 13.6. The molecule has 4 heteroatoms. The van der Waals surface area contributed by atoms with Crippen LogP contribution in [0.2, 0.25) is 0 Å². The van der Waals surface area contributed by atoms with Crippen LogP contribution in [-0.2, 0) is 0 Å². The highest BCUT2D eigenvalue weighted by atomic mass is 32.1. The zero-order valence-electron chi connectivity index (χ0n) is 11.9. The Morgan fingerprint density at radius 1 is 1.35 bits per heavy atom. The number of nitrogens with zero attached hydrogens (tertiary/aromatic N) is 1. The van der Waals surface area contributed by atoms with Crippen molar-refractivity contribution in [3.05, 3.63) is 45.9 Å². The largest absolute Gasteiger partial charge is 0.490 e. The Hall–Kier alpha value is -1.39. The summed E-state index contributed by atoms with van der Waals surface area (Å²) in [6.45, 7) is 5.14. The van der Waals surface area contributed by atoms with E-state index in [0.717, 1.165) is 18.0 Å². The highest BCUT2D eigenvalue weighted by Crippen LogP contribution is 2.31. The van der Waals surface area contributed by atoms with Gasteiger partial charge in [-0.2, -0.15) is 0 Å². The van der Waals surface area contributed by atoms with Crippen LogP contribution in [0.3, 0.4) is 0 Å². The summed E-state index contributed by atoms with van der Waals surface area (Å²) in [7, 11) is 0. The van der Waals surface area contributed by atoms with Crippen molar-refractivity contribution in [3.63, 3.8) is 0 Å². The van der Waals surface area contributed by atoms with Gasteiger partial charge in [-0.15, -0.1) is 11.3 Å². The molecule has 2 aromatic rings. The van der Waals surface area contributed by atoms with Crippen molar-refractivity contribution in [1.82, 2.24) is 10.3 Å². The van der Waals surface area contributed by atoms with E-state index in [2.05, 4.69) is 48.4 Å². The number of aryl methyl sites for hydroxylation is 1. The molecule has 0 saturated heterocycles. The smallest absolute Gasteiger partial charge is 0.119 e. The monoisotopic (exact) mass is 288 g/mol. The maximum absolute atomic E-state index is 5.80. The molecule has 1 aromatic heterocycles. The number of aromatic nitrogens is 1. The van der Waals surface area contributed by atoms with Crippen molar-refractivity contribution in [2.45, 2.75) is 38.8 Å². The minimum Gasteiger partial charge on any atom is -0.490 e. The fourth-order valence-electron chi connectivity index (χ4n) is 2.27. The zero-order valence-corrected chi connectivity index (χ0v) is 12.7. The summed E-state index contributed by atoms with van der Waals surface area (Å²) in [5.41, 5.74) is 4.29. The first-order valence-electron chi connectivity index (χ1n) is 7.18. The predicted molar refractivity (Wildman–Crippen MR) is 82.5 cm³/mol. The van der Waals surface area contributed by atoms with Gasteiger partial charge in [0.15, 0.2) is 0 Å². The quantitative estimate of drug-likeness (QED) is 0.880. The fraction of sp³-hybridized carbons (Fsp3) is 0.438. The van der Waals surface area contributed by atoms with Crippen LogP contribution in [0.5, 0.6) is 5.75 Å². The second-order valence-electron chi connectivity index (χ2n) is 5.18. The SMILES string of the molecule is CCNC(c1ccc(OC2CC2)cc1)c1scnc1C. The van der Waals surface area contributed by atoms with Gasteiger partial charge in [-0.1, -0.05) is 19.1 Å². The number of benzene rings is 1. The molecule has 1 fully saturated rings. The van der Waals surface area contributed by atoms with Gasteiger partial charge in [0.05, 0.1) is 23.4 Å². The molecule has 1 aromatic carbocycles. The molecule has 3 nitrogen and oxygen atoms in total. The number of nitrogens with one attached hydrogen (secondary N) is 1. The molecular formula is C16H20N2OS. The van der Waals surface area contributed by atoms with Crippen LogP contribution < -0.4 is 10.1 Å². The lowest BCUT2D eigenvalue weighted by molar-refractivity contribution is 0.303. The van der Waals surface area contributed by atoms with Crippen LogP contribution in [0.4, 0.5) is 0 Å². The normalized spacial score (nSPS) is 16.1. The van der Waals surface area contributed by atoms with Crippen LogP contribution in [0.25, 0.3) is 0 Å². The third-order valence-electron chi connectivity index (χ3n) is 3.49. The first-order valence-corrected chi connectivity index (χ1v) is 8.06. The summed E-state index contributed by atoms with van der Waals surface area (Å²) < 4.78 is 5.80. The number of hydrogen-bond donors (Lipinski definition) is 1. The summed E-state index contributed by atoms with van der Waals surface area (Å²) in [4.78, 5) is 5.66. The standard InChI is InChI=1S/C16H20N2OS/c1-3-17-15(16-11(2)18-10-20-16)12-4-6-13(7-5-12)19-14-8-9-14/h4-7,10,14-15,17H,3,8-9H2,1-2H3. The van der Waals surface area contributed by atoms with E-state index < -0.39 is 0 Å². The maximum Gasteiger partial charge on any atom is 0.119 e. The molecule has 3 rings (SSSR count). The third kappa shape index (κ3) is 3.02. The van der Waals surface area contributed by atoms with E-state index >= 15 is 0 Å². The third-order valence-corrected chi connectivity index (χ3v) is 4.49. The van der Waals surface area contributed by atoms with Gasteiger partial charge in [0.2, 0.25) is 0 Å². The van der Waals surface area contributed by atoms with E-state index in [0.29, 0.717) is 6.10 Å². The molecule has 20 heavy (non-hydrogen) atoms. The van der Waals surface area contributed by atoms with Crippen molar-refractivity contribution in [2.75, 3.05) is 6.54 Å². The predicted octanol–water partition coefficient (Wildman–Crippen LogP) is 3.69. The molecule has 1 atom stereocenters. The molecule has 0 aliphatic heterocycles. The lowest BCUT2D eigenvalue weighted by atomic mass is 10.0. The lowest BCUT2D eigenvalue weighted by Gasteiger charge is -2.18. The number of hydrogen-bond acceptors (Lipinski definition) is 4. The Bertz CT molecular complexity index is 560. The molecule has 0 radical (unpaired) electrons. The molecule has 1 heterocycles. The topological polar surface area (TPSA) is 34.1 Å². The minimum absolute atomic E-state index is 0.225. The van der Waals surface area contributed by atoms with Crippen LogP contribution >= 0.6 is 11.3 Å². The van der Waals surface area contributed by atoms with E-state index in [1.807, 2.05) is 5.51 Å². The van der Waals surface area contributed by atoms with Gasteiger partial charge in [0.1, 0.15) is 5.75 Å². The maximum atomic E-state index is 5.80. The zero-order chi connectivity index (χ0) is 13.9. The molecule has 1 N–H and O–H groups in total. The van der Waals surface area contributed by atoms with E-state index in [4.69, 9.17) is 4.74 Å². The fourth-order valence-corrected chi connectivity index (χ4v) is 3.17. The van der Waals surface area contributed by atoms with Crippen molar-refractivity contribution in [3.8, 4) is 5.75 Å². The van der Waals surface area contributed by atoms with Gasteiger partial charge in [0, 0.05) is 4.88 Å². The molecule has 0 spiro atoms. The van der Waals surface area contributed by atoms with E-state index in [-0.39, 0.29) is 6.04 Å². The van der Waals surface area contributed by atoms with Gasteiger partial charge in [-0.3, -0.25) is 0 Å². The second kappa shape index (κ2) is 5.94. The Kier molecular flexibility index (Phi) is 4.03. The summed E-state index contributed by atoms with van der Waals surface area (Å²) in [5, 5.41) is 3.54. The number of ether oxygens (including phenoxy) is 1. The van der Waals surface area contributed by atoms with Crippen molar-refractivity contribution >= 4 is 11.3 Å². The number of thiazole rings is 1. The number of rotatable bonds is 6. The van der Waals surface area contributed by atoms with Crippen LogP contribution in [0.1, 0.15) is 41.9 Å².